The van der Waals surface area contributed by atoms with Crippen molar-refractivity contribution in [2.45, 2.75) is 13.0 Å². The monoisotopic (exact) mass is 290 g/mol. The van der Waals surface area contributed by atoms with E-state index in [0.29, 0.717) is 15.2 Å². The van der Waals surface area contributed by atoms with E-state index in [1.165, 1.54) is 0 Å². The Morgan fingerprint density at radius 1 is 1.53 bits per heavy atom. The maximum atomic E-state index is 11.6. The zero-order valence-electron chi connectivity index (χ0n) is 8.47. The van der Waals surface area contributed by atoms with Gasteiger partial charge in [0.15, 0.2) is 0 Å². The van der Waals surface area contributed by atoms with Crippen molar-refractivity contribution in [2.24, 2.45) is 0 Å². The first kappa shape index (κ1) is 12.5. The number of carbonyl (C=O) groups excluding carboxylic acids is 1. The Morgan fingerprint density at radius 2 is 2.20 bits per heavy atom. The van der Waals surface area contributed by atoms with Crippen LogP contribution in [0.5, 0.6) is 0 Å². The number of amides is 1. The van der Waals surface area contributed by atoms with Crippen LogP contribution < -0.4 is 10.6 Å². The van der Waals surface area contributed by atoms with Crippen molar-refractivity contribution < 1.29 is 4.79 Å². The second kappa shape index (κ2) is 5.49. The van der Waals surface area contributed by atoms with Crippen molar-refractivity contribution in [1.82, 2.24) is 5.32 Å². The molecule has 0 spiro atoms. The number of anilines is 1. The van der Waals surface area contributed by atoms with Gasteiger partial charge in [-0.2, -0.15) is 0 Å². The van der Waals surface area contributed by atoms with Gasteiger partial charge in [0.1, 0.15) is 0 Å². The average Bonchev–Trinajstić information content (AvgIpc) is 2.23. The van der Waals surface area contributed by atoms with E-state index in [1.54, 1.807) is 32.2 Å². The first-order valence-electron chi connectivity index (χ1n) is 4.48. The van der Waals surface area contributed by atoms with Crippen LogP contribution in [0.15, 0.2) is 22.7 Å². The topological polar surface area (TPSA) is 41.1 Å². The van der Waals surface area contributed by atoms with Crippen molar-refractivity contribution >= 4 is 39.1 Å². The molecule has 0 bridgehead atoms. The molecule has 1 rings (SSSR count). The zero-order chi connectivity index (χ0) is 11.4. The Hall–Kier alpha value is -0.580. The van der Waals surface area contributed by atoms with Gasteiger partial charge in [0.05, 0.1) is 21.2 Å². The number of rotatable bonds is 3. The van der Waals surface area contributed by atoms with Crippen LogP contribution in [0.3, 0.4) is 0 Å². The molecule has 5 heteroatoms. The Balaban J connectivity index is 2.81. The van der Waals surface area contributed by atoms with Gasteiger partial charge in [-0.15, -0.1) is 0 Å². The SMILES string of the molecule is CNC(C)C(=O)Nc1cccc(Cl)c1Br. The minimum Gasteiger partial charge on any atom is -0.324 e. The molecular weight excluding hydrogens is 279 g/mol. The highest BCUT2D eigenvalue weighted by molar-refractivity contribution is 9.10. The number of nitrogens with one attached hydrogen (secondary N) is 2. The van der Waals surface area contributed by atoms with Gasteiger partial charge in [-0.3, -0.25) is 4.79 Å². The van der Waals surface area contributed by atoms with E-state index < -0.39 is 0 Å². The average molecular weight is 292 g/mol. The molecule has 1 aromatic carbocycles. The summed E-state index contributed by atoms with van der Waals surface area (Å²) in [6.07, 6.45) is 0. The summed E-state index contributed by atoms with van der Waals surface area (Å²) in [5.74, 6) is -0.0968. The number of carbonyl (C=O) groups is 1. The van der Waals surface area contributed by atoms with Crippen LogP contribution in [-0.2, 0) is 4.79 Å². The summed E-state index contributed by atoms with van der Waals surface area (Å²) >= 11 is 9.21. The molecule has 1 atom stereocenters. The Labute approximate surface area is 102 Å². The van der Waals surface area contributed by atoms with Gasteiger partial charge in [-0.05, 0) is 42.0 Å². The number of halogens is 2. The summed E-state index contributed by atoms with van der Waals surface area (Å²) in [6.45, 7) is 1.79. The molecule has 3 nitrogen and oxygen atoms in total. The lowest BCUT2D eigenvalue weighted by atomic mass is 10.3. The van der Waals surface area contributed by atoms with Gasteiger partial charge in [-0.25, -0.2) is 0 Å². The van der Waals surface area contributed by atoms with Gasteiger partial charge < -0.3 is 10.6 Å². The molecule has 0 saturated heterocycles. The van der Waals surface area contributed by atoms with Crippen LogP contribution in [0.25, 0.3) is 0 Å². The highest BCUT2D eigenvalue weighted by atomic mass is 79.9. The highest BCUT2D eigenvalue weighted by Crippen LogP contribution is 2.29. The summed E-state index contributed by atoms with van der Waals surface area (Å²) in [6, 6.07) is 5.09. The third-order valence-electron chi connectivity index (χ3n) is 2.04. The van der Waals surface area contributed by atoms with Gasteiger partial charge in [0, 0.05) is 0 Å². The zero-order valence-corrected chi connectivity index (χ0v) is 10.8. The smallest absolute Gasteiger partial charge is 0.241 e. The lowest BCUT2D eigenvalue weighted by molar-refractivity contribution is -0.117. The summed E-state index contributed by atoms with van der Waals surface area (Å²) < 4.78 is 0.698. The van der Waals surface area contributed by atoms with E-state index in [2.05, 4.69) is 26.6 Å². The van der Waals surface area contributed by atoms with Crippen LogP contribution >= 0.6 is 27.5 Å². The molecule has 15 heavy (non-hydrogen) atoms. The number of hydrogen-bond donors (Lipinski definition) is 2. The predicted octanol–water partition coefficient (Wildman–Crippen LogP) is 2.65. The summed E-state index contributed by atoms with van der Waals surface area (Å²) in [4.78, 5) is 11.6. The molecule has 0 aromatic heterocycles. The molecule has 0 saturated carbocycles. The standard InChI is InChI=1S/C10H12BrClN2O/c1-6(13-2)10(15)14-8-5-3-4-7(12)9(8)11/h3-6,13H,1-2H3,(H,14,15). The minimum atomic E-state index is -0.240. The van der Waals surface area contributed by atoms with Crippen LogP contribution in [0.4, 0.5) is 5.69 Å². The Bertz CT molecular complexity index is 370. The Kier molecular flexibility index (Phi) is 4.57. The van der Waals surface area contributed by atoms with E-state index >= 15 is 0 Å². The van der Waals surface area contributed by atoms with Gasteiger partial charge in [0.2, 0.25) is 5.91 Å². The quantitative estimate of drug-likeness (QED) is 0.899. The molecular formula is C10H12BrClN2O. The van der Waals surface area contributed by atoms with Crippen LogP contribution in [0, 0.1) is 0 Å². The van der Waals surface area contributed by atoms with E-state index in [4.69, 9.17) is 11.6 Å². The fourth-order valence-corrected chi connectivity index (χ4v) is 1.51. The molecule has 82 valence electrons. The predicted molar refractivity (Wildman–Crippen MR) is 66.3 cm³/mol. The second-order valence-corrected chi connectivity index (χ2v) is 4.30. The lowest BCUT2D eigenvalue weighted by Gasteiger charge is -2.12. The van der Waals surface area contributed by atoms with Gasteiger partial charge >= 0.3 is 0 Å². The van der Waals surface area contributed by atoms with Crippen molar-refractivity contribution in [3.8, 4) is 0 Å². The van der Waals surface area contributed by atoms with E-state index in [1.807, 2.05) is 0 Å². The molecule has 0 aliphatic carbocycles. The molecule has 0 aliphatic rings. The fourth-order valence-electron chi connectivity index (χ4n) is 0.972. The van der Waals surface area contributed by atoms with E-state index in [-0.39, 0.29) is 11.9 Å². The molecule has 0 radical (unpaired) electrons. The third-order valence-corrected chi connectivity index (χ3v) is 3.43. The third kappa shape index (κ3) is 3.19. The van der Waals surface area contributed by atoms with Crippen molar-refractivity contribution in [1.29, 1.82) is 0 Å². The molecule has 0 fully saturated rings. The summed E-state index contributed by atoms with van der Waals surface area (Å²) in [5, 5.41) is 6.20. The van der Waals surface area contributed by atoms with E-state index in [9.17, 15) is 4.79 Å². The van der Waals surface area contributed by atoms with Crippen LogP contribution in [-0.4, -0.2) is 19.0 Å². The highest BCUT2D eigenvalue weighted by Gasteiger charge is 2.12. The first-order chi connectivity index (χ1) is 7.06. The summed E-state index contributed by atoms with van der Waals surface area (Å²) in [5.41, 5.74) is 0.676. The maximum absolute atomic E-state index is 11.6. The molecule has 1 unspecified atom stereocenters. The molecule has 0 heterocycles. The number of likely N-dealkylation sites (N-methyl/N-ethyl adjacent to an activating group) is 1. The van der Waals surface area contributed by atoms with Gasteiger partial charge in [0.25, 0.3) is 0 Å². The molecule has 1 aromatic rings. The minimum absolute atomic E-state index is 0.0968. The maximum Gasteiger partial charge on any atom is 0.241 e. The van der Waals surface area contributed by atoms with Crippen molar-refractivity contribution in [3.05, 3.63) is 27.7 Å². The van der Waals surface area contributed by atoms with Crippen LogP contribution in [0.2, 0.25) is 5.02 Å². The normalized spacial score (nSPS) is 12.3. The van der Waals surface area contributed by atoms with Crippen molar-refractivity contribution in [3.63, 3.8) is 0 Å². The molecule has 0 aliphatic heterocycles. The fraction of sp³-hybridized carbons (Fsp3) is 0.300. The lowest BCUT2D eigenvalue weighted by Crippen LogP contribution is -2.35. The summed E-state index contributed by atoms with van der Waals surface area (Å²) in [7, 11) is 1.73. The first-order valence-corrected chi connectivity index (χ1v) is 5.65. The largest absolute Gasteiger partial charge is 0.324 e. The number of hydrogen-bond acceptors (Lipinski definition) is 2. The Morgan fingerprint density at radius 3 is 2.80 bits per heavy atom. The molecule has 2 N–H and O–H groups in total. The number of benzene rings is 1. The van der Waals surface area contributed by atoms with Crippen LogP contribution in [0.1, 0.15) is 6.92 Å². The second-order valence-electron chi connectivity index (χ2n) is 3.10. The van der Waals surface area contributed by atoms with Gasteiger partial charge in [-0.1, -0.05) is 17.7 Å². The van der Waals surface area contributed by atoms with Crippen molar-refractivity contribution in [2.75, 3.05) is 12.4 Å². The van der Waals surface area contributed by atoms with E-state index in [0.717, 1.165) is 0 Å². The molecule has 1 amide bonds.